The fourth-order valence-corrected chi connectivity index (χ4v) is 4.20. The molecule has 23 heavy (non-hydrogen) atoms. The second-order valence-corrected chi connectivity index (χ2v) is 7.50. The second-order valence-electron chi connectivity index (χ2n) is 5.75. The minimum Gasteiger partial charge on any atom is -0.480 e. The molecule has 0 radical (unpaired) electrons. The van der Waals surface area contributed by atoms with Gasteiger partial charge in [-0.25, -0.2) is 17.5 Å². The lowest BCUT2D eigenvalue weighted by atomic mass is 9.86. The lowest BCUT2D eigenvalue weighted by Gasteiger charge is -2.42. The fraction of sp³-hybridized carbons (Fsp3) is 0.533. The molecule has 0 amide bonds. The zero-order valence-corrected chi connectivity index (χ0v) is 13.7. The van der Waals surface area contributed by atoms with Crippen LogP contribution in [-0.4, -0.2) is 49.6 Å². The molecule has 0 aromatic heterocycles. The van der Waals surface area contributed by atoms with Crippen molar-refractivity contribution in [2.24, 2.45) is 0 Å². The molecule has 2 N–H and O–H groups in total. The normalized spacial score (nSPS) is 21.2. The summed E-state index contributed by atoms with van der Waals surface area (Å²) < 4.78 is 40.3. The SMILES string of the molecule is CCN(CC(=O)O)C1CC(NS(=O)(=O)Cc2ccccc2F)C1. The number of carboxylic acids is 1. The maximum absolute atomic E-state index is 13.5. The average Bonchev–Trinajstić information content (AvgIpc) is 2.42. The van der Waals surface area contributed by atoms with Crippen molar-refractivity contribution < 1.29 is 22.7 Å². The summed E-state index contributed by atoms with van der Waals surface area (Å²) in [4.78, 5) is 12.6. The van der Waals surface area contributed by atoms with Crippen molar-refractivity contribution in [2.75, 3.05) is 13.1 Å². The third kappa shape index (κ3) is 4.98. The van der Waals surface area contributed by atoms with Gasteiger partial charge in [0, 0.05) is 17.6 Å². The molecule has 0 unspecified atom stereocenters. The molecule has 8 heteroatoms. The van der Waals surface area contributed by atoms with E-state index < -0.39 is 27.6 Å². The number of hydrogen-bond acceptors (Lipinski definition) is 4. The molecule has 0 aliphatic heterocycles. The summed E-state index contributed by atoms with van der Waals surface area (Å²) in [7, 11) is -3.62. The summed E-state index contributed by atoms with van der Waals surface area (Å²) in [5.74, 6) is -1.83. The molecule has 0 atom stereocenters. The highest BCUT2D eigenvalue weighted by Crippen LogP contribution is 2.26. The Kier molecular flexibility index (Phi) is 5.72. The molecule has 1 aliphatic carbocycles. The Morgan fingerprint density at radius 2 is 2.04 bits per heavy atom. The fourth-order valence-electron chi connectivity index (χ4n) is 2.77. The molecule has 0 saturated heterocycles. The molecule has 0 heterocycles. The van der Waals surface area contributed by atoms with Crippen molar-refractivity contribution in [3.05, 3.63) is 35.6 Å². The first kappa shape index (κ1) is 17.8. The molecule has 1 aromatic rings. The van der Waals surface area contributed by atoms with Crippen molar-refractivity contribution in [3.63, 3.8) is 0 Å². The number of rotatable bonds is 8. The van der Waals surface area contributed by atoms with E-state index >= 15 is 0 Å². The molecule has 6 nitrogen and oxygen atoms in total. The van der Waals surface area contributed by atoms with Crippen LogP contribution in [-0.2, 0) is 20.6 Å². The monoisotopic (exact) mass is 344 g/mol. The predicted molar refractivity (Wildman–Crippen MR) is 83.9 cm³/mol. The van der Waals surface area contributed by atoms with Crippen molar-refractivity contribution >= 4 is 16.0 Å². The summed E-state index contributed by atoms with van der Waals surface area (Å²) >= 11 is 0. The van der Waals surface area contributed by atoms with Crippen LogP contribution in [0.4, 0.5) is 4.39 Å². The van der Waals surface area contributed by atoms with E-state index in [4.69, 9.17) is 5.11 Å². The number of nitrogens with one attached hydrogen (secondary N) is 1. The summed E-state index contributed by atoms with van der Waals surface area (Å²) in [5, 5.41) is 8.84. The third-order valence-electron chi connectivity index (χ3n) is 4.02. The molecule has 128 valence electrons. The van der Waals surface area contributed by atoms with E-state index in [0.29, 0.717) is 19.4 Å². The van der Waals surface area contributed by atoms with Crippen LogP contribution in [0.2, 0.25) is 0 Å². The standard InChI is InChI=1S/C15H21FN2O4S/c1-2-18(9-15(19)20)13-7-12(8-13)17-23(21,22)10-11-5-3-4-6-14(11)16/h3-6,12-13,17H,2,7-10H2,1H3,(H,19,20). The summed E-state index contributed by atoms with van der Waals surface area (Å²) in [6.45, 7) is 2.43. The highest BCUT2D eigenvalue weighted by molar-refractivity contribution is 7.88. The van der Waals surface area contributed by atoms with Gasteiger partial charge in [-0.1, -0.05) is 25.1 Å². The van der Waals surface area contributed by atoms with E-state index in [1.54, 1.807) is 6.07 Å². The van der Waals surface area contributed by atoms with Crippen LogP contribution in [0.1, 0.15) is 25.3 Å². The average molecular weight is 344 g/mol. The van der Waals surface area contributed by atoms with E-state index in [9.17, 15) is 17.6 Å². The molecular formula is C15H21FN2O4S. The van der Waals surface area contributed by atoms with Crippen LogP contribution in [0, 0.1) is 5.82 Å². The van der Waals surface area contributed by atoms with E-state index in [1.807, 2.05) is 11.8 Å². The van der Waals surface area contributed by atoms with Crippen molar-refractivity contribution in [1.82, 2.24) is 9.62 Å². The Morgan fingerprint density at radius 1 is 1.39 bits per heavy atom. The van der Waals surface area contributed by atoms with Crippen molar-refractivity contribution in [2.45, 2.75) is 37.6 Å². The molecule has 1 aliphatic rings. The Bertz CT molecular complexity index is 659. The van der Waals surface area contributed by atoms with E-state index in [-0.39, 0.29) is 24.2 Å². The number of hydrogen-bond donors (Lipinski definition) is 2. The Hall–Kier alpha value is -1.51. The molecule has 1 fully saturated rings. The highest BCUT2D eigenvalue weighted by Gasteiger charge is 2.36. The van der Waals surface area contributed by atoms with Crippen LogP contribution >= 0.6 is 0 Å². The second kappa shape index (κ2) is 7.37. The van der Waals surface area contributed by atoms with Gasteiger partial charge in [-0.15, -0.1) is 0 Å². The number of sulfonamides is 1. The number of benzene rings is 1. The number of carboxylic acid groups (broad SMARTS) is 1. The largest absolute Gasteiger partial charge is 0.480 e. The van der Waals surface area contributed by atoms with Gasteiger partial charge in [0.2, 0.25) is 10.0 Å². The lowest BCUT2D eigenvalue weighted by molar-refractivity contribution is -0.139. The maximum atomic E-state index is 13.5. The van der Waals surface area contributed by atoms with Gasteiger partial charge in [0.1, 0.15) is 5.82 Å². The zero-order valence-electron chi connectivity index (χ0n) is 12.9. The smallest absolute Gasteiger partial charge is 0.317 e. The number of aliphatic carboxylic acids is 1. The quantitative estimate of drug-likeness (QED) is 0.740. The molecule has 0 spiro atoms. The first-order valence-electron chi connectivity index (χ1n) is 7.50. The van der Waals surface area contributed by atoms with E-state index in [2.05, 4.69) is 4.72 Å². The van der Waals surface area contributed by atoms with Gasteiger partial charge in [0.25, 0.3) is 0 Å². The van der Waals surface area contributed by atoms with Gasteiger partial charge < -0.3 is 5.11 Å². The van der Waals surface area contributed by atoms with Gasteiger partial charge in [-0.2, -0.15) is 0 Å². The van der Waals surface area contributed by atoms with Crippen LogP contribution in [0.15, 0.2) is 24.3 Å². The number of carbonyl (C=O) groups is 1. The van der Waals surface area contributed by atoms with Crippen molar-refractivity contribution in [3.8, 4) is 0 Å². The predicted octanol–water partition coefficient (Wildman–Crippen LogP) is 1.18. The first-order valence-corrected chi connectivity index (χ1v) is 9.15. The highest BCUT2D eigenvalue weighted by atomic mass is 32.2. The zero-order chi connectivity index (χ0) is 17.0. The van der Waals surface area contributed by atoms with Gasteiger partial charge in [0.15, 0.2) is 0 Å². The summed E-state index contributed by atoms with van der Waals surface area (Å²) in [6.07, 6.45) is 1.13. The maximum Gasteiger partial charge on any atom is 0.317 e. The van der Waals surface area contributed by atoms with E-state index in [0.717, 1.165) is 0 Å². The molecule has 2 rings (SSSR count). The van der Waals surface area contributed by atoms with Gasteiger partial charge >= 0.3 is 5.97 Å². The third-order valence-corrected chi connectivity index (χ3v) is 5.41. The molecule has 1 saturated carbocycles. The van der Waals surface area contributed by atoms with Crippen molar-refractivity contribution in [1.29, 1.82) is 0 Å². The first-order chi connectivity index (χ1) is 10.8. The Morgan fingerprint density at radius 3 is 2.61 bits per heavy atom. The minimum atomic E-state index is -3.62. The number of nitrogens with zero attached hydrogens (tertiary/aromatic N) is 1. The Balaban J connectivity index is 1.87. The minimum absolute atomic E-state index is 0.0458. The van der Waals surface area contributed by atoms with Gasteiger partial charge in [0.05, 0.1) is 12.3 Å². The van der Waals surface area contributed by atoms with Crippen LogP contribution in [0.25, 0.3) is 0 Å². The van der Waals surface area contributed by atoms with Gasteiger partial charge in [-0.3, -0.25) is 9.69 Å². The Labute approximate surface area is 135 Å². The molecular weight excluding hydrogens is 323 g/mol. The summed E-state index contributed by atoms with van der Waals surface area (Å²) in [5.41, 5.74) is 0.136. The molecule has 0 bridgehead atoms. The van der Waals surface area contributed by atoms with Crippen LogP contribution < -0.4 is 4.72 Å². The van der Waals surface area contributed by atoms with Gasteiger partial charge in [-0.05, 0) is 25.5 Å². The molecule has 1 aromatic carbocycles. The number of halogens is 1. The topological polar surface area (TPSA) is 86.7 Å². The van der Waals surface area contributed by atoms with E-state index in [1.165, 1.54) is 18.2 Å². The summed E-state index contributed by atoms with van der Waals surface area (Å²) in [6, 6.07) is 5.63. The number of likely N-dealkylation sites (N-methyl/N-ethyl adjacent to an activating group) is 1. The lowest BCUT2D eigenvalue weighted by Crippen LogP contribution is -2.54. The van der Waals surface area contributed by atoms with Crippen LogP contribution in [0.3, 0.4) is 0 Å². The van der Waals surface area contributed by atoms with Crippen LogP contribution in [0.5, 0.6) is 0 Å².